The van der Waals surface area contributed by atoms with E-state index in [0.29, 0.717) is 18.7 Å². The van der Waals surface area contributed by atoms with Crippen molar-refractivity contribution in [3.8, 4) is 0 Å². The van der Waals surface area contributed by atoms with Gasteiger partial charge in [-0.15, -0.1) is 0 Å². The molecule has 2 aromatic heterocycles. The van der Waals surface area contributed by atoms with Crippen LogP contribution in [0.3, 0.4) is 0 Å². The van der Waals surface area contributed by atoms with Gasteiger partial charge in [-0.3, -0.25) is 9.59 Å². The van der Waals surface area contributed by atoms with Crippen LogP contribution >= 0.6 is 11.8 Å². The molecule has 6 nitrogen and oxygen atoms in total. The zero-order valence-corrected chi connectivity index (χ0v) is 16.3. The molecule has 144 valence electrons. The van der Waals surface area contributed by atoms with E-state index in [0.717, 1.165) is 20.9 Å². The van der Waals surface area contributed by atoms with Crippen molar-refractivity contribution >= 4 is 29.1 Å². The fourth-order valence-corrected chi connectivity index (χ4v) is 4.38. The molecule has 28 heavy (non-hydrogen) atoms. The summed E-state index contributed by atoms with van der Waals surface area (Å²) in [5, 5.41) is 15.2. The lowest BCUT2D eigenvalue weighted by atomic mass is 9.98. The van der Waals surface area contributed by atoms with Gasteiger partial charge in [0, 0.05) is 28.0 Å². The normalized spacial score (nSPS) is 19.0. The quantitative estimate of drug-likeness (QED) is 0.619. The summed E-state index contributed by atoms with van der Waals surface area (Å²) in [4.78, 5) is 27.3. The number of aliphatic hydroxyl groups excluding tert-OH is 1. The van der Waals surface area contributed by atoms with Crippen molar-refractivity contribution in [2.45, 2.75) is 28.7 Å². The molecule has 1 saturated heterocycles. The lowest BCUT2D eigenvalue weighted by Gasteiger charge is -2.25. The van der Waals surface area contributed by atoms with E-state index in [-0.39, 0.29) is 11.8 Å². The molecule has 0 bridgehead atoms. The van der Waals surface area contributed by atoms with Gasteiger partial charge in [-0.25, -0.2) is 0 Å². The predicted molar refractivity (Wildman–Crippen MR) is 108 cm³/mol. The van der Waals surface area contributed by atoms with Crippen molar-refractivity contribution in [1.29, 1.82) is 0 Å². The Balaban J connectivity index is 1.68. The van der Waals surface area contributed by atoms with Crippen LogP contribution in [-0.4, -0.2) is 40.0 Å². The smallest absolute Gasteiger partial charge is 0.269 e. The van der Waals surface area contributed by atoms with Crippen LogP contribution in [0.5, 0.6) is 0 Å². The van der Waals surface area contributed by atoms with Gasteiger partial charge < -0.3 is 20.1 Å². The minimum Gasteiger partial charge on any atom is -0.393 e. The van der Waals surface area contributed by atoms with E-state index in [4.69, 9.17) is 0 Å². The standard InChI is InChI=1S/C21H21N3O3S/c1-14-11-15-7-8-17(28-16-5-3-2-4-6-16)12-24(15)18(14)19(26)23-21(13-25)9-10-22-20(21)27/h2-8,11-12,25H,9-10,13H2,1H3,(H,22,27)(H,23,26). The SMILES string of the molecule is Cc1cc2ccc(Sc3ccccc3)cn2c1C(=O)NC1(CO)CCNC1=O. The van der Waals surface area contributed by atoms with Crippen molar-refractivity contribution in [3.63, 3.8) is 0 Å². The largest absolute Gasteiger partial charge is 0.393 e. The third-order valence-corrected chi connectivity index (χ3v) is 6.01. The number of fused-ring (bicyclic) bond motifs is 1. The number of nitrogens with zero attached hydrogens (tertiary/aromatic N) is 1. The van der Waals surface area contributed by atoms with E-state index in [2.05, 4.69) is 10.6 Å². The van der Waals surface area contributed by atoms with Crippen LogP contribution in [0.4, 0.5) is 0 Å². The van der Waals surface area contributed by atoms with Crippen molar-refractivity contribution in [2.24, 2.45) is 0 Å². The summed E-state index contributed by atoms with van der Waals surface area (Å²) in [5.41, 5.74) is 0.919. The van der Waals surface area contributed by atoms with Gasteiger partial charge in [-0.05, 0) is 49.2 Å². The van der Waals surface area contributed by atoms with Crippen LogP contribution in [0.2, 0.25) is 0 Å². The molecule has 1 aliphatic heterocycles. The molecule has 0 radical (unpaired) electrons. The Bertz CT molecular complexity index is 1050. The second-order valence-electron chi connectivity index (χ2n) is 6.95. The topological polar surface area (TPSA) is 82.8 Å². The van der Waals surface area contributed by atoms with Crippen LogP contribution in [0.25, 0.3) is 5.52 Å². The van der Waals surface area contributed by atoms with Gasteiger partial charge in [0.2, 0.25) is 5.91 Å². The Hall–Kier alpha value is -2.77. The number of pyridine rings is 1. The first-order chi connectivity index (χ1) is 13.5. The van der Waals surface area contributed by atoms with Gasteiger partial charge in [0.15, 0.2) is 0 Å². The number of hydrogen-bond acceptors (Lipinski definition) is 4. The Morgan fingerprint density at radius 1 is 1.25 bits per heavy atom. The molecule has 7 heteroatoms. The molecule has 1 atom stereocenters. The molecule has 1 aliphatic rings. The van der Waals surface area contributed by atoms with E-state index in [1.807, 2.05) is 66.1 Å². The van der Waals surface area contributed by atoms with Gasteiger partial charge in [0.1, 0.15) is 11.2 Å². The number of carbonyl (C=O) groups excluding carboxylic acids is 2. The van der Waals surface area contributed by atoms with Crippen LogP contribution in [0.1, 0.15) is 22.5 Å². The van der Waals surface area contributed by atoms with Crippen molar-refractivity contribution in [1.82, 2.24) is 15.0 Å². The molecule has 0 spiro atoms. The lowest BCUT2D eigenvalue weighted by Crippen LogP contribution is -2.56. The first kappa shape index (κ1) is 18.6. The number of hydrogen-bond donors (Lipinski definition) is 3. The summed E-state index contributed by atoms with van der Waals surface area (Å²) in [7, 11) is 0. The van der Waals surface area contributed by atoms with E-state index < -0.39 is 12.1 Å². The van der Waals surface area contributed by atoms with Gasteiger partial charge in [-0.2, -0.15) is 0 Å². The van der Waals surface area contributed by atoms with E-state index >= 15 is 0 Å². The molecule has 3 aromatic rings. The van der Waals surface area contributed by atoms with E-state index in [9.17, 15) is 14.7 Å². The molecule has 0 aliphatic carbocycles. The average molecular weight is 395 g/mol. The number of aryl methyl sites for hydroxylation is 1. The number of amides is 2. The van der Waals surface area contributed by atoms with Crippen molar-refractivity contribution in [2.75, 3.05) is 13.2 Å². The second-order valence-corrected chi connectivity index (χ2v) is 8.10. The minimum atomic E-state index is -1.26. The molecule has 2 amide bonds. The molecule has 1 aromatic carbocycles. The molecule has 1 unspecified atom stereocenters. The van der Waals surface area contributed by atoms with Crippen LogP contribution < -0.4 is 10.6 Å². The molecule has 3 heterocycles. The number of aliphatic hydroxyl groups is 1. The maximum Gasteiger partial charge on any atom is 0.269 e. The van der Waals surface area contributed by atoms with Crippen molar-refractivity contribution in [3.05, 3.63) is 66.0 Å². The van der Waals surface area contributed by atoms with Gasteiger partial charge in [0.05, 0.1) is 6.61 Å². The number of carbonyl (C=O) groups is 2. The molecular weight excluding hydrogens is 374 g/mol. The monoisotopic (exact) mass is 395 g/mol. The highest BCUT2D eigenvalue weighted by atomic mass is 32.2. The van der Waals surface area contributed by atoms with Gasteiger partial charge in [-0.1, -0.05) is 30.0 Å². The summed E-state index contributed by atoms with van der Waals surface area (Å²) in [6.45, 7) is 1.87. The third-order valence-electron chi connectivity index (χ3n) is 5.02. The number of aromatic nitrogens is 1. The highest BCUT2D eigenvalue weighted by Crippen LogP contribution is 2.29. The number of nitrogens with one attached hydrogen (secondary N) is 2. The summed E-state index contributed by atoms with van der Waals surface area (Å²) in [6.07, 6.45) is 2.29. The van der Waals surface area contributed by atoms with Crippen LogP contribution in [0.15, 0.2) is 64.5 Å². The lowest BCUT2D eigenvalue weighted by molar-refractivity contribution is -0.125. The summed E-state index contributed by atoms with van der Waals surface area (Å²) >= 11 is 1.61. The van der Waals surface area contributed by atoms with Gasteiger partial charge in [0.25, 0.3) is 5.91 Å². The maximum atomic E-state index is 13.0. The molecule has 3 N–H and O–H groups in total. The molecule has 0 saturated carbocycles. The fourth-order valence-electron chi connectivity index (χ4n) is 3.52. The number of benzene rings is 1. The van der Waals surface area contributed by atoms with Crippen LogP contribution in [0, 0.1) is 6.92 Å². The first-order valence-electron chi connectivity index (χ1n) is 9.09. The highest BCUT2D eigenvalue weighted by molar-refractivity contribution is 7.99. The molecule has 4 rings (SSSR count). The third kappa shape index (κ3) is 3.27. The Labute approximate surface area is 166 Å². The zero-order valence-electron chi connectivity index (χ0n) is 15.4. The fraction of sp³-hybridized carbons (Fsp3) is 0.238. The predicted octanol–water partition coefficient (Wildman–Crippen LogP) is 2.38. The maximum absolute atomic E-state index is 13.0. The van der Waals surface area contributed by atoms with Crippen molar-refractivity contribution < 1.29 is 14.7 Å². The Kier molecular flexibility index (Phi) is 4.87. The highest BCUT2D eigenvalue weighted by Gasteiger charge is 2.43. The zero-order chi connectivity index (χ0) is 19.7. The van der Waals surface area contributed by atoms with Gasteiger partial charge >= 0.3 is 0 Å². The Morgan fingerprint density at radius 2 is 2.04 bits per heavy atom. The van der Waals surface area contributed by atoms with E-state index in [1.54, 1.807) is 11.8 Å². The minimum absolute atomic E-state index is 0.345. The van der Waals surface area contributed by atoms with E-state index in [1.165, 1.54) is 0 Å². The average Bonchev–Trinajstić information content (AvgIpc) is 3.21. The molecular formula is C21H21N3O3S. The Morgan fingerprint density at radius 3 is 2.71 bits per heavy atom. The second kappa shape index (κ2) is 7.33. The summed E-state index contributed by atoms with van der Waals surface area (Å²) < 4.78 is 1.84. The first-order valence-corrected chi connectivity index (χ1v) is 9.90. The summed E-state index contributed by atoms with van der Waals surface area (Å²) in [5.74, 6) is -0.715. The molecule has 1 fully saturated rings. The number of rotatable bonds is 5. The summed E-state index contributed by atoms with van der Waals surface area (Å²) in [6, 6.07) is 15.9. The van der Waals surface area contributed by atoms with Crippen LogP contribution in [-0.2, 0) is 4.79 Å².